The van der Waals surface area contributed by atoms with Crippen molar-refractivity contribution in [2.75, 3.05) is 0 Å². The van der Waals surface area contributed by atoms with E-state index in [2.05, 4.69) is 0 Å². The second kappa shape index (κ2) is 10.0. The summed E-state index contributed by atoms with van der Waals surface area (Å²) in [4.78, 5) is -1.16. The Hall–Kier alpha value is -4.16. The summed E-state index contributed by atoms with van der Waals surface area (Å²) in [7, 11) is -10.2. The molecule has 1 fully saturated rings. The van der Waals surface area contributed by atoms with Gasteiger partial charge in [-0.05, 0) is 94.5 Å². The molecule has 4 aliphatic rings. The van der Waals surface area contributed by atoms with Gasteiger partial charge in [0.15, 0.2) is 19.7 Å². The molecule has 12 heteroatoms. The van der Waals surface area contributed by atoms with Crippen LogP contribution >= 0.6 is 0 Å². The lowest BCUT2D eigenvalue weighted by Gasteiger charge is -2.49. The van der Waals surface area contributed by atoms with Crippen LogP contribution in [0.15, 0.2) is 106 Å². The van der Waals surface area contributed by atoms with Crippen LogP contribution in [0.2, 0.25) is 0 Å². The summed E-state index contributed by atoms with van der Waals surface area (Å²) in [5.74, 6) is -17.2. The highest BCUT2D eigenvalue weighted by Gasteiger charge is 2.88. The van der Waals surface area contributed by atoms with Crippen LogP contribution in [0.25, 0.3) is 33.4 Å². The van der Waals surface area contributed by atoms with Gasteiger partial charge in [-0.2, -0.15) is 26.3 Å². The fourth-order valence-corrected chi connectivity index (χ4v) is 15.3. The van der Waals surface area contributed by atoms with Gasteiger partial charge >= 0.3 is 17.8 Å². The van der Waals surface area contributed by atoms with Crippen LogP contribution in [-0.4, -0.2) is 44.1 Å². The zero-order valence-corrected chi connectivity index (χ0v) is 29.3. The predicted octanol–water partition coefficient (Wildman–Crippen LogP) is 9.65. The molecule has 4 aromatic carbocycles. The Morgan fingerprint density at radius 1 is 0.490 bits per heavy atom. The molecular formula is C39H30F6O4S2. The van der Waals surface area contributed by atoms with Crippen molar-refractivity contribution in [1.29, 1.82) is 0 Å². The van der Waals surface area contributed by atoms with Crippen LogP contribution < -0.4 is 0 Å². The zero-order chi connectivity index (χ0) is 36.9. The Morgan fingerprint density at radius 3 is 1.18 bits per heavy atom. The van der Waals surface area contributed by atoms with E-state index >= 15 is 43.2 Å². The van der Waals surface area contributed by atoms with Crippen molar-refractivity contribution in [2.24, 2.45) is 0 Å². The van der Waals surface area contributed by atoms with Crippen LogP contribution in [0.4, 0.5) is 26.3 Å². The number of benzene rings is 4. The third kappa shape index (κ3) is 3.49. The molecule has 264 valence electrons. The zero-order valence-electron chi connectivity index (χ0n) is 27.7. The van der Waals surface area contributed by atoms with Crippen LogP contribution in [0.1, 0.15) is 48.9 Å². The van der Waals surface area contributed by atoms with Gasteiger partial charge in [-0.15, -0.1) is 0 Å². The lowest BCUT2D eigenvalue weighted by molar-refractivity contribution is -0.257. The van der Waals surface area contributed by atoms with Crippen LogP contribution in [0.3, 0.4) is 0 Å². The van der Waals surface area contributed by atoms with Crippen molar-refractivity contribution in [3.8, 4) is 22.3 Å². The Kier molecular flexibility index (Phi) is 6.68. The first-order valence-electron chi connectivity index (χ1n) is 16.4. The number of hydrogen-bond acceptors (Lipinski definition) is 4. The Bertz CT molecular complexity index is 2380. The summed E-state index contributed by atoms with van der Waals surface area (Å²) in [5.41, 5.74) is -3.36. The molecule has 2 aliphatic carbocycles. The summed E-state index contributed by atoms with van der Waals surface area (Å²) in [5, 5.41) is 0. The van der Waals surface area contributed by atoms with Gasteiger partial charge in [0.05, 0.1) is 9.79 Å². The van der Waals surface area contributed by atoms with E-state index in [1.807, 2.05) is 0 Å². The van der Waals surface area contributed by atoms with E-state index in [1.54, 1.807) is 62.4 Å². The van der Waals surface area contributed by atoms with Crippen LogP contribution in [-0.2, 0) is 19.7 Å². The van der Waals surface area contributed by atoms with E-state index in [-0.39, 0.29) is 0 Å². The van der Waals surface area contributed by atoms with Crippen molar-refractivity contribution >= 4 is 30.8 Å². The van der Waals surface area contributed by atoms with Crippen LogP contribution in [0, 0.1) is 13.8 Å². The molecule has 0 spiro atoms. The fraction of sp³-hybridized carbons (Fsp3) is 0.282. The summed E-state index contributed by atoms with van der Waals surface area (Å²) >= 11 is 0. The molecule has 0 bridgehead atoms. The van der Waals surface area contributed by atoms with Crippen molar-refractivity contribution in [2.45, 2.75) is 77.6 Å². The average Bonchev–Trinajstić information content (AvgIpc) is 3.46. The van der Waals surface area contributed by atoms with Crippen molar-refractivity contribution in [3.05, 3.63) is 118 Å². The monoisotopic (exact) mass is 740 g/mol. The van der Waals surface area contributed by atoms with E-state index in [0.29, 0.717) is 22.3 Å². The van der Waals surface area contributed by atoms with E-state index < -0.39 is 103 Å². The second-order valence-electron chi connectivity index (χ2n) is 13.6. The van der Waals surface area contributed by atoms with Gasteiger partial charge < -0.3 is 0 Å². The number of hydrogen-bond donors (Lipinski definition) is 0. The molecule has 2 atom stereocenters. The summed E-state index contributed by atoms with van der Waals surface area (Å²) in [6.45, 7) is 6.07. The molecule has 4 nitrogen and oxygen atoms in total. The highest BCUT2D eigenvalue weighted by molar-refractivity contribution is 7.98. The van der Waals surface area contributed by atoms with E-state index in [4.69, 9.17) is 0 Å². The number of allylic oxidation sites excluding steroid dienone is 2. The lowest BCUT2D eigenvalue weighted by atomic mass is 9.65. The number of sulfone groups is 2. The highest BCUT2D eigenvalue weighted by atomic mass is 32.2. The standard InChI is InChI=1S/C39H30F6O4S2/c1-5-35-31(27-17-15-23(19-29(27)50(35,46)47)25-13-9-7-11-21(25)3)33-34(38(42,43)39(44,45)37(33,40)41)32-28-18-16-24(26-14-10-8-12-22(26)4)20-30(28)51(48,49)36(32,35)6-2/h7-20H,5-6H2,1-4H3. The van der Waals surface area contributed by atoms with E-state index in [0.717, 1.165) is 23.3 Å². The minimum absolute atomic E-state index is 0.333. The van der Waals surface area contributed by atoms with Gasteiger partial charge in [0.1, 0.15) is 9.49 Å². The maximum absolute atomic E-state index is 16.4. The Labute approximate surface area is 291 Å². The normalized spacial score (nSPS) is 26.7. The van der Waals surface area contributed by atoms with Gasteiger partial charge in [-0.3, -0.25) is 0 Å². The molecule has 1 saturated carbocycles. The quantitative estimate of drug-likeness (QED) is 0.196. The number of alkyl halides is 6. The molecule has 0 N–H and O–H groups in total. The summed E-state index contributed by atoms with van der Waals surface area (Å²) in [6.07, 6.45) is -1.39. The lowest BCUT2D eigenvalue weighted by Crippen LogP contribution is -2.62. The van der Waals surface area contributed by atoms with E-state index in [9.17, 15) is 0 Å². The first-order valence-corrected chi connectivity index (χ1v) is 19.3. The second-order valence-corrected chi connectivity index (χ2v) is 17.9. The maximum Gasteiger partial charge on any atom is 0.380 e. The molecule has 51 heavy (non-hydrogen) atoms. The number of halogens is 6. The number of aryl methyl sites for hydroxylation is 2. The molecule has 2 aliphatic heterocycles. The molecule has 2 heterocycles. The minimum Gasteiger partial charge on any atom is -0.223 e. The van der Waals surface area contributed by atoms with Gasteiger partial charge in [0.25, 0.3) is 0 Å². The van der Waals surface area contributed by atoms with Gasteiger partial charge in [0, 0.05) is 11.1 Å². The van der Waals surface area contributed by atoms with Crippen LogP contribution in [0.5, 0.6) is 0 Å². The van der Waals surface area contributed by atoms with Gasteiger partial charge in [0.2, 0.25) is 0 Å². The third-order valence-corrected chi connectivity index (χ3v) is 17.0. The summed E-state index contributed by atoms with van der Waals surface area (Å²) < 4.78 is 152. The molecule has 4 aromatic rings. The SMILES string of the molecule is CCC12C(=C3C(=C4c5ccc(-c6ccccc6C)cc5S(=O)(=O)C41CC)C(F)(F)C(F)(F)C3(F)F)c1ccc(-c3ccccc3C)cc1S2(=O)=O. The molecule has 0 saturated heterocycles. The average molecular weight is 741 g/mol. The van der Waals surface area contributed by atoms with Crippen molar-refractivity contribution in [3.63, 3.8) is 0 Å². The highest BCUT2D eigenvalue weighted by Crippen LogP contribution is 2.76. The van der Waals surface area contributed by atoms with E-state index in [1.165, 1.54) is 38.1 Å². The number of fused-ring (bicyclic) bond motifs is 8. The Balaban J connectivity index is 1.58. The van der Waals surface area contributed by atoms with Gasteiger partial charge in [-0.25, -0.2) is 16.8 Å². The molecule has 0 aromatic heterocycles. The largest absolute Gasteiger partial charge is 0.380 e. The smallest absolute Gasteiger partial charge is 0.223 e. The van der Waals surface area contributed by atoms with Crippen molar-refractivity contribution in [1.82, 2.24) is 0 Å². The molecular weight excluding hydrogens is 711 g/mol. The molecule has 0 radical (unpaired) electrons. The molecule has 2 unspecified atom stereocenters. The predicted molar refractivity (Wildman–Crippen MR) is 182 cm³/mol. The maximum atomic E-state index is 16.4. The topological polar surface area (TPSA) is 68.3 Å². The number of rotatable bonds is 4. The first kappa shape index (κ1) is 34.0. The summed E-state index contributed by atoms with van der Waals surface area (Å²) in [6, 6.07) is 21.4. The third-order valence-electron chi connectivity index (χ3n) is 11.5. The minimum atomic E-state index is -6.02. The Morgan fingerprint density at radius 2 is 0.843 bits per heavy atom. The fourth-order valence-electron chi connectivity index (χ4n) is 9.32. The first-order chi connectivity index (χ1) is 23.8. The molecule has 8 rings (SSSR count). The molecule has 0 amide bonds. The van der Waals surface area contributed by atoms with Gasteiger partial charge in [-0.1, -0.05) is 86.6 Å². The van der Waals surface area contributed by atoms with Crippen molar-refractivity contribution < 1.29 is 43.2 Å².